The first-order valence-electron chi connectivity index (χ1n) is 6.92. The molecule has 0 radical (unpaired) electrons. The second kappa shape index (κ2) is 8.21. The Labute approximate surface area is 126 Å². The number of nitrogen functional groups attached to an aromatic ring is 1. The van der Waals surface area contributed by atoms with Crippen LogP contribution in [0.5, 0.6) is 5.75 Å². The SMILES string of the molecule is CC(C)CC(CO)NS(=O)(=O)CCOc1ccccc1N. The van der Waals surface area contributed by atoms with Crippen molar-refractivity contribution in [1.82, 2.24) is 4.72 Å². The lowest BCUT2D eigenvalue weighted by molar-refractivity contribution is 0.239. The van der Waals surface area contributed by atoms with Crippen LogP contribution < -0.4 is 15.2 Å². The topological polar surface area (TPSA) is 102 Å². The fraction of sp³-hybridized carbons (Fsp3) is 0.571. The van der Waals surface area contributed by atoms with Crippen LogP contribution in [0, 0.1) is 5.92 Å². The molecule has 1 aromatic rings. The van der Waals surface area contributed by atoms with E-state index in [0.29, 0.717) is 23.8 Å². The van der Waals surface area contributed by atoms with Gasteiger partial charge >= 0.3 is 0 Å². The third-order valence-electron chi connectivity index (χ3n) is 2.85. The average molecular weight is 316 g/mol. The lowest BCUT2D eigenvalue weighted by atomic mass is 10.1. The molecule has 0 spiro atoms. The van der Waals surface area contributed by atoms with Crippen molar-refractivity contribution in [3.8, 4) is 5.75 Å². The maximum Gasteiger partial charge on any atom is 0.215 e. The summed E-state index contributed by atoms with van der Waals surface area (Å²) in [6, 6.07) is 6.45. The van der Waals surface area contributed by atoms with Gasteiger partial charge in [0.2, 0.25) is 10.0 Å². The Balaban J connectivity index is 2.47. The number of aliphatic hydroxyl groups is 1. The molecule has 1 aromatic carbocycles. The van der Waals surface area contributed by atoms with Gasteiger partial charge in [0.1, 0.15) is 12.4 Å². The van der Waals surface area contributed by atoms with Gasteiger partial charge in [-0.25, -0.2) is 13.1 Å². The number of anilines is 1. The van der Waals surface area contributed by atoms with Crippen LogP contribution in [0.15, 0.2) is 24.3 Å². The molecule has 0 bridgehead atoms. The molecule has 0 saturated carbocycles. The maximum atomic E-state index is 11.9. The van der Waals surface area contributed by atoms with Crippen LogP contribution in [-0.2, 0) is 10.0 Å². The molecular weight excluding hydrogens is 292 g/mol. The van der Waals surface area contributed by atoms with Crippen molar-refractivity contribution in [2.24, 2.45) is 5.92 Å². The molecule has 21 heavy (non-hydrogen) atoms. The number of hydrogen-bond donors (Lipinski definition) is 3. The Kier molecular flexibility index (Phi) is 6.94. The molecule has 0 amide bonds. The number of sulfonamides is 1. The van der Waals surface area contributed by atoms with Crippen LogP contribution in [0.1, 0.15) is 20.3 Å². The van der Waals surface area contributed by atoms with Gasteiger partial charge in [-0.15, -0.1) is 0 Å². The highest BCUT2D eigenvalue weighted by atomic mass is 32.2. The highest BCUT2D eigenvalue weighted by molar-refractivity contribution is 7.89. The number of para-hydroxylation sites is 2. The summed E-state index contributed by atoms with van der Waals surface area (Å²) < 4.78 is 31.7. The summed E-state index contributed by atoms with van der Waals surface area (Å²) >= 11 is 0. The predicted octanol–water partition coefficient (Wildman–Crippen LogP) is 0.974. The Morgan fingerprint density at radius 3 is 2.57 bits per heavy atom. The van der Waals surface area contributed by atoms with Crippen LogP contribution >= 0.6 is 0 Å². The van der Waals surface area contributed by atoms with Crippen molar-refractivity contribution >= 4 is 15.7 Å². The summed E-state index contributed by atoms with van der Waals surface area (Å²) in [6.45, 7) is 3.73. The smallest absolute Gasteiger partial charge is 0.215 e. The molecule has 1 atom stereocenters. The summed E-state index contributed by atoms with van der Waals surface area (Å²) in [5.41, 5.74) is 6.17. The van der Waals surface area contributed by atoms with Crippen LogP contribution in [0.3, 0.4) is 0 Å². The molecule has 0 heterocycles. The Morgan fingerprint density at radius 1 is 1.33 bits per heavy atom. The zero-order valence-corrected chi connectivity index (χ0v) is 13.3. The second-order valence-corrected chi connectivity index (χ2v) is 7.21. The van der Waals surface area contributed by atoms with Crippen molar-refractivity contribution in [1.29, 1.82) is 0 Å². The van der Waals surface area contributed by atoms with Crippen molar-refractivity contribution in [3.63, 3.8) is 0 Å². The fourth-order valence-corrected chi connectivity index (χ4v) is 3.01. The number of aliphatic hydroxyl groups excluding tert-OH is 1. The van der Waals surface area contributed by atoms with Crippen molar-refractivity contribution in [2.75, 3.05) is 24.7 Å². The first-order chi connectivity index (χ1) is 9.84. The van der Waals surface area contributed by atoms with E-state index in [0.717, 1.165) is 0 Å². The molecule has 4 N–H and O–H groups in total. The van der Waals surface area contributed by atoms with Crippen LogP contribution in [0.25, 0.3) is 0 Å². The molecule has 0 aliphatic carbocycles. The number of nitrogens with one attached hydrogen (secondary N) is 1. The van der Waals surface area contributed by atoms with Crippen molar-refractivity contribution in [3.05, 3.63) is 24.3 Å². The quantitative estimate of drug-likeness (QED) is 0.589. The highest BCUT2D eigenvalue weighted by Crippen LogP contribution is 2.19. The first-order valence-corrected chi connectivity index (χ1v) is 8.57. The number of nitrogens with two attached hydrogens (primary N) is 1. The van der Waals surface area contributed by atoms with E-state index < -0.39 is 16.1 Å². The van der Waals surface area contributed by atoms with E-state index in [1.54, 1.807) is 24.3 Å². The van der Waals surface area contributed by atoms with E-state index in [4.69, 9.17) is 10.5 Å². The standard InChI is InChI=1S/C14H24N2O4S/c1-11(2)9-12(10-17)16-21(18,19)8-7-20-14-6-4-3-5-13(14)15/h3-6,11-12,16-17H,7-10,15H2,1-2H3. The number of rotatable bonds is 9. The molecule has 1 unspecified atom stereocenters. The lowest BCUT2D eigenvalue weighted by Crippen LogP contribution is -2.40. The average Bonchev–Trinajstić information content (AvgIpc) is 2.39. The third-order valence-corrected chi connectivity index (χ3v) is 4.25. The van der Waals surface area contributed by atoms with E-state index in [1.165, 1.54) is 0 Å². The lowest BCUT2D eigenvalue weighted by Gasteiger charge is -2.18. The zero-order valence-electron chi connectivity index (χ0n) is 12.5. The van der Waals surface area contributed by atoms with E-state index in [1.807, 2.05) is 13.8 Å². The molecular formula is C14H24N2O4S. The normalized spacial score (nSPS) is 13.3. The largest absolute Gasteiger partial charge is 0.490 e. The summed E-state index contributed by atoms with van der Waals surface area (Å²) in [5.74, 6) is 0.578. The van der Waals surface area contributed by atoms with Gasteiger partial charge in [-0.2, -0.15) is 0 Å². The number of ether oxygens (including phenoxy) is 1. The minimum Gasteiger partial charge on any atom is -0.490 e. The van der Waals surface area contributed by atoms with E-state index >= 15 is 0 Å². The van der Waals surface area contributed by atoms with Gasteiger partial charge in [-0.05, 0) is 24.5 Å². The summed E-state index contributed by atoms with van der Waals surface area (Å²) in [7, 11) is -3.50. The third kappa shape index (κ3) is 6.79. The Hall–Kier alpha value is -1.31. The number of hydrogen-bond acceptors (Lipinski definition) is 5. The highest BCUT2D eigenvalue weighted by Gasteiger charge is 2.18. The van der Waals surface area contributed by atoms with Gasteiger partial charge in [0.15, 0.2) is 0 Å². The molecule has 120 valence electrons. The molecule has 0 aromatic heterocycles. The maximum absolute atomic E-state index is 11.9. The van der Waals surface area contributed by atoms with Crippen LogP contribution in [0.2, 0.25) is 0 Å². The first kappa shape index (κ1) is 17.7. The van der Waals surface area contributed by atoms with Gasteiger partial charge < -0.3 is 15.6 Å². The Bertz CT molecular complexity index is 532. The fourth-order valence-electron chi connectivity index (χ4n) is 1.92. The molecule has 0 saturated heterocycles. The molecule has 0 aliphatic rings. The minimum atomic E-state index is -3.50. The van der Waals surface area contributed by atoms with Crippen LogP contribution in [0.4, 0.5) is 5.69 Å². The van der Waals surface area contributed by atoms with Gasteiger partial charge in [-0.1, -0.05) is 26.0 Å². The predicted molar refractivity (Wildman–Crippen MR) is 83.6 cm³/mol. The van der Waals surface area contributed by atoms with E-state index in [2.05, 4.69) is 4.72 Å². The zero-order chi connectivity index (χ0) is 15.9. The van der Waals surface area contributed by atoms with Gasteiger partial charge in [-0.3, -0.25) is 0 Å². The van der Waals surface area contributed by atoms with Crippen molar-refractivity contribution in [2.45, 2.75) is 26.3 Å². The molecule has 1 rings (SSSR count). The Morgan fingerprint density at radius 2 is 2.00 bits per heavy atom. The van der Waals surface area contributed by atoms with E-state index in [9.17, 15) is 13.5 Å². The molecule has 0 fully saturated rings. The van der Waals surface area contributed by atoms with Crippen molar-refractivity contribution < 1.29 is 18.3 Å². The monoisotopic (exact) mass is 316 g/mol. The number of benzene rings is 1. The van der Waals surface area contributed by atoms with Gasteiger partial charge in [0.25, 0.3) is 0 Å². The summed E-state index contributed by atoms with van der Waals surface area (Å²) in [6.07, 6.45) is 0.586. The van der Waals surface area contributed by atoms with Gasteiger partial charge in [0.05, 0.1) is 18.0 Å². The molecule has 6 nitrogen and oxygen atoms in total. The summed E-state index contributed by atoms with van der Waals surface area (Å²) in [4.78, 5) is 0. The van der Waals surface area contributed by atoms with E-state index in [-0.39, 0.29) is 19.0 Å². The van der Waals surface area contributed by atoms with Crippen LogP contribution in [-0.4, -0.2) is 38.5 Å². The second-order valence-electron chi connectivity index (χ2n) is 5.33. The molecule has 0 aliphatic heterocycles. The minimum absolute atomic E-state index is 0.00335. The molecule has 7 heteroatoms. The van der Waals surface area contributed by atoms with Gasteiger partial charge in [0, 0.05) is 6.04 Å². The summed E-state index contributed by atoms with van der Waals surface area (Å²) in [5, 5.41) is 9.20.